The zero-order chi connectivity index (χ0) is 19.9. The molecule has 1 aromatic rings. The average Bonchev–Trinajstić information content (AvgIpc) is 3.35. The van der Waals surface area contributed by atoms with E-state index in [0.29, 0.717) is 27.7 Å². The Morgan fingerprint density at radius 1 is 1.25 bits per heavy atom. The average molecular weight is 429 g/mol. The molecule has 3 aliphatic rings. The molecule has 10 heteroatoms. The van der Waals surface area contributed by atoms with Gasteiger partial charge in [0.1, 0.15) is 0 Å². The molecule has 3 heterocycles. The smallest absolute Gasteiger partial charge is 0.335 e. The number of methoxy groups -OCH3 is 1. The summed E-state index contributed by atoms with van der Waals surface area (Å²) in [6.07, 6.45) is -0.356. The molecule has 2 unspecified atom stereocenters. The topological polar surface area (TPSA) is 95.5 Å². The molecule has 1 N–H and O–H groups in total. The van der Waals surface area contributed by atoms with Crippen LogP contribution in [0.25, 0.3) is 0 Å². The molecule has 4 atom stereocenters. The second kappa shape index (κ2) is 7.51. The summed E-state index contributed by atoms with van der Waals surface area (Å²) in [5, 5.41) is 7.96. The predicted molar refractivity (Wildman–Crippen MR) is 99.4 cm³/mol. The standard InChI is InChI=1S/C18H18Cl2N2O6/c1-25-16(23)14-5-12(6-27-14)21-17(24)18-8-26-7-13(18)15(22-28-18)9-2-10(19)4-11(20)3-9/h2-4,12-14H,5-8H2,1H3,(H,21,24)/t12-,13?,14-,18?/m1/s1. The number of esters is 1. The summed E-state index contributed by atoms with van der Waals surface area (Å²) < 4.78 is 15.6. The molecular formula is C18H18Cl2N2O6. The number of fused-ring (bicyclic) bond motifs is 1. The summed E-state index contributed by atoms with van der Waals surface area (Å²) in [5.41, 5.74) is -0.0298. The summed E-state index contributed by atoms with van der Waals surface area (Å²) in [7, 11) is 1.30. The normalized spacial score (nSPS) is 31.1. The number of halogens is 2. The fourth-order valence-electron chi connectivity index (χ4n) is 3.70. The first-order chi connectivity index (χ1) is 13.4. The number of ether oxygens (including phenoxy) is 3. The molecular weight excluding hydrogens is 411 g/mol. The van der Waals surface area contributed by atoms with Crippen molar-refractivity contribution in [1.82, 2.24) is 5.32 Å². The SMILES string of the molecule is COC(=O)[C@H]1C[C@@H](NC(=O)C23COCC2C(c2cc(Cl)cc(Cl)c2)=NO3)CO1. The Hall–Kier alpha value is -1.87. The highest BCUT2D eigenvalue weighted by molar-refractivity contribution is 6.35. The van der Waals surface area contributed by atoms with Crippen LogP contribution in [-0.4, -0.2) is 62.3 Å². The molecule has 150 valence electrons. The van der Waals surface area contributed by atoms with E-state index in [4.69, 9.17) is 37.5 Å². The lowest BCUT2D eigenvalue weighted by Gasteiger charge is -2.25. The summed E-state index contributed by atoms with van der Waals surface area (Å²) >= 11 is 12.2. The molecule has 0 radical (unpaired) electrons. The third kappa shape index (κ3) is 3.34. The first kappa shape index (κ1) is 19.4. The van der Waals surface area contributed by atoms with E-state index in [9.17, 15) is 9.59 Å². The number of amides is 1. The van der Waals surface area contributed by atoms with Gasteiger partial charge in [-0.3, -0.25) is 4.79 Å². The van der Waals surface area contributed by atoms with Crippen LogP contribution in [0.3, 0.4) is 0 Å². The van der Waals surface area contributed by atoms with Gasteiger partial charge in [0.2, 0.25) is 5.60 Å². The second-order valence-corrected chi connectivity index (χ2v) is 7.81. The fraction of sp³-hybridized carbons (Fsp3) is 0.500. The van der Waals surface area contributed by atoms with Gasteiger partial charge in [-0.05, 0) is 18.2 Å². The van der Waals surface area contributed by atoms with Gasteiger partial charge < -0.3 is 24.4 Å². The van der Waals surface area contributed by atoms with Gasteiger partial charge >= 0.3 is 5.97 Å². The van der Waals surface area contributed by atoms with Crippen molar-refractivity contribution < 1.29 is 28.6 Å². The summed E-state index contributed by atoms with van der Waals surface area (Å²) in [6, 6.07) is 4.72. The van der Waals surface area contributed by atoms with Gasteiger partial charge in [-0.2, -0.15) is 0 Å². The zero-order valence-corrected chi connectivity index (χ0v) is 16.5. The van der Waals surface area contributed by atoms with Gasteiger partial charge in [0.05, 0.1) is 44.6 Å². The molecule has 4 rings (SSSR count). The molecule has 0 aromatic heterocycles. The van der Waals surface area contributed by atoms with Crippen LogP contribution in [-0.2, 0) is 28.6 Å². The Kier molecular flexibility index (Phi) is 5.22. The summed E-state index contributed by atoms with van der Waals surface area (Å²) in [5.74, 6) is -1.22. The molecule has 0 aliphatic carbocycles. The number of benzene rings is 1. The van der Waals surface area contributed by atoms with E-state index < -0.39 is 23.6 Å². The second-order valence-electron chi connectivity index (χ2n) is 6.93. The van der Waals surface area contributed by atoms with Crippen LogP contribution in [0.4, 0.5) is 0 Å². The van der Waals surface area contributed by atoms with Crippen molar-refractivity contribution in [3.05, 3.63) is 33.8 Å². The monoisotopic (exact) mass is 428 g/mol. The third-order valence-electron chi connectivity index (χ3n) is 5.14. The van der Waals surface area contributed by atoms with Crippen molar-refractivity contribution in [2.75, 3.05) is 26.9 Å². The van der Waals surface area contributed by atoms with Crippen molar-refractivity contribution in [2.24, 2.45) is 11.1 Å². The maximum atomic E-state index is 13.0. The van der Waals surface area contributed by atoms with E-state index in [1.807, 2.05) is 0 Å². The predicted octanol–water partition coefficient (Wildman–Crippen LogP) is 1.56. The molecule has 0 spiro atoms. The first-order valence-corrected chi connectivity index (χ1v) is 9.49. The number of carbonyl (C=O) groups is 2. The Morgan fingerprint density at radius 2 is 2.00 bits per heavy atom. The molecule has 8 nitrogen and oxygen atoms in total. The minimum atomic E-state index is -1.27. The van der Waals surface area contributed by atoms with E-state index in [-0.39, 0.29) is 31.8 Å². The maximum Gasteiger partial charge on any atom is 0.335 e. The van der Waals surface area contributed by atoms with Gasteiger partial charge in [0.15, 0.2) is 6.10 Å². The Balaban J connectivity index is 1.49. The van der Waals surface area contributed by atoms with Crippen LogP contribution >= 0.6 is 23.2 Å². The van der Waals surface area contributed by atoms with Crippen LogP contribution in [0, 0.1) is 5.92 Å². The van der Waals surface area contributed by atoms with Crippen LogP contribution < -0.4 is 5.32 Å². The van der Waals surface area contributed by atoms with Crippen molar-refractivity contribution in [3.63, 3.8) is 0 Å². The van der Waals surface area contributed by atoms with Crippen LogP contribution in [0.15, 0.2) is 23.4 Å². The zero-order valence-electron chi connectivity index (χ0n) is 14.9. The van der Waals surface area contributed by atoms with Crippen molar-refractivity contribution in [2.45, 2.75) is 24.2 Å². The third-order valence-corrected chi connectivity index (χ3v) is 5.58. The lowest BCUT2D eigenvalue weighted by Crippen LogP contribution is -2.55. The fourth-order valence-corrected chi connectivity index (χ4v) is 4.23. The van der Waals surface area contributed by atoms with Gasteiger partial charge in [-0.25, -0.2) is 4.79 Å². The highest BCUT2D eigenvalue weighted by Crippen LogP contribution is 2.39. The number of rotatable bonds is 4. The summed E-state index contributed by atoms with van der Waals surface area (Å²) in [4.78, 5) is 30.3. The lowest BCUT2D eigenvalue weighted by molar-refractivity contribution is -0.151. The van der Waals surface area contributed by atoms with Crippen molar-refractivity contribution in [1.29, 1.82) is 0 Å². The van der Waals surface area contributed by atoms with E-state index >= 15 is 0 Å². The number of nitrogens with zero attached hydrogens (tertiary/aromatic N) is 1. The number of oxime groups is 1. The van der Waals surface area contributed by atoms with Gasteiger partial charge in [-0.1, -0.05) is 28.4 Å². The van der Waals surface area contributed by atoms with Crippen molar-refractivity contribution in [3.8, 4) is 0 Å². The largest absolute Gasteiger partial charge is 0.467 e. The molecule has 1 amide bonds. The Morgan fingerprint density at radius 3 is 2.71 bits per heavy atom. The van der Waals surface area contributed by atoms with E-state index in [2.05, 4.69) is 15.2 Å². The first-order valence-electron chi connectivity index (χ1n) is 8.73. The Labute approximate surface area is 171 Å². The van der Waals surface area contributed by atoms with Crippen LogP contribution in [0.5, 0.6) is 0 Å². The number of carbonyl (C=O) groups excluding carboxylic acids is 2. The molecule has 28 heavy (non-hydrogen) atoms. The number of hydrogen-bond donors (Lipinski definition) is 1. The molecule has 2 saturated heterocycles. The molecule has 0 bridgehead atoms. The van der Waals surface area contributed by atoms with Crippen molar-refractivity contribution >= 4 is 40.8 Å². The van der Waals surface area contributed by atoms with Crippen LogP contribution in [0.2, 0.25) is 10.0 Å². The van der Waals surface area contributed by atoms with Gasteiger partial charge in [0, 0.05) is 22.0 Å². The molecule has 2 fully saturated rings. The van der Waals surface area contributed by atoms with Crippen LogP contribution in [0.1, 0.15) is 12.0 Å². The maximum absolute atomic E-state index is 13.0. The highest BCUT2D eigenvalue weighted by atomic mass is 35.5. The van der Waals surface area contributed by atoms with E-state index in [0.717, 1.165) is 0 Å². The van der Waals surface area contributed by atoms with Gasteiger partial charge in [-0.15, -0.1) is 0 Å². The van der Waals surface area contributed by atoms with Gasteiger partial charge in [0.25, 0.3) is 5.91 Å². The summed E-state index contributed by atoms with van der Waals surface area (Å²) in [6.45, 7) is 0.561. The molecule has 3 aliphatic heterocycles. The molecule has 1 aromatic carbocycles. The molecule has 0 saturated carbocycles. The number of nitrogens with one attached hydrogen (secondary N) is 1. The lowest BCUT2D eigenvalue weighted by atomic mass is 9.84. The Bertz CT molecular complexity index is 827. The minimum Gasteiger partial charge on any atom is -0.467 e. The highest BCUT2D eigenvalue weighted by Gasteiger charge is 2.59. The number of hydrogen-bond acceptors (Lipinski definition) is 7. The minimum absolute atomic E-state index is 0.0683. The van der Waals surface area contributed by atoms with E-state index in [1.54, 1.807) is 18.2 Å². The quantitative estimate of drug-likeness (QED) is 0.731. The van der Waals surface area contributed by atoms with E-state index in [1.165, 1.54) is 7.11 Å².